The summed E-state index contributed by atoms with van der Waals surface area (Å²) in [5, 5.41) is 12.5. The van der Waals surface area contributed by atoms with Crippen LogP contribution < -0.4 is 21.3 Å². The van der Waals surface area contributed by atoms with Crippen molar-refractivity contribution in [3.63, 3.8) is 0 Å². The lowest BCUT2D eigenvalue weighted by Gasteiger charge is -2.29. The molecule has 3 fully saturated rings. The van der Waals surface area contributed by atoms with E-state index in [1.807, 2.05) is 31.2 Å². The number of carbonyl (C=O) groups is 2. The first-order valence-corrected chi connectivity index (χ1v) is 10.3. The molecule has 0 radical (unpaired) electrons. The van der Waals surface area contributed by atoms with E-state index >= 15 is 0 Å². The fraction of sp³-hybridized carbons (Fsp3) is 0.619. The summed E-state index contributed by atoms with van der Waals surface area (Å²) < 4.78 is 0. The minimum absolute atomic E-state index is 0. The number of benzene rings is 1. The molecule has 3 amide bonds. The van der Waals surface area contributed by atoms with Crippen LogP contribution in [0.3, 0.4) is 0 Å². The number of nitrogens with one attached hydrogen (secondary N) is 4. The predicted octanol–water partition coefficient (Wildman–Crippen LogP) is 3.49. The summed E-state index contributed by atoms with van der Waals surface area (Å²) in [5.74, 6) is 0.646. The molecule has 1 aromatic rings. The molecule has 4 rings (SSSR count). The third-order valence-corrected chi connectivity index (χ3v) is 6.00. The average Bonchev–Trinajstić information content (AvgIpc) is 3.37. The van der Waals surface area contributed by atoms with Crippen LogP contribution >= 0.6 is 12.4 Å². The number of hydrogen-bond donors (Lipinski definition) is 4. The van der Waals surface area contributed by atoms with Gasteiger partial charge >= 0.3 is 6.03 Å². The van der Waals surface area contributed by atoms with Crippen molar-refractivity contribution in [2.75, 3.05) is 5.32 Å². The molecule has 1 saturated carbocycles. The van der Waals surface area contributed by atoms with E-state index in [-0.39, 0.29) is 30.4 Å². The van der Waals surface area contributed by atoms with E-state index in [1.165, 1.54) is 12.8 Å². The number of halogens is 1. The number of amides is 3. The molecule has 0 spiro atoms. The molecule has 3 unspecified atom stereocenters. The van der Waals surface area contributed by atoms with Gasteiger partial charge in [0.1, 0.15) is 0 Å². The van der Waals surface area contributed by atoms with E-state index in [1.54, 1.807) is 0 Å². The highest BCUT2D eigenvalue weighted by Gasteiger charge is 2.34. The zero-order chi connectivity index (χ0) is 18.8. The fourth-order valence-electron chi connectivity index (χ4n) is 4.42. The van der Waals surface area contributed by atoms with E-state index < -0.39 is 0 Å². The summed E-state index contributed by atoms with van der Waals surface area (Å²) in [7, 11) is 0. The molecule has 7 heteroatoms. The number of anilines is 1. The Balaban J connectivity index is 0.00000225. The summed E-state index contributed by atoms with van der Waals surface area (Å²) in [6.45, 7) is 2.01. The van der Waals surface area contributed by atoms with Crippen LogP contribution in [0.1, 0.15) is 63.5 Å². The average molecular weight is 407 g/mol. The molecule has 6 nitrogen and oxygen atoms in total. The summed E-state index contributed by atoms with van der Waals surface area (Å²) in [4.78, 5) is 24.2. The van der Waals surface area contributed by atoms with Gasteiger partial charge in [0.15, 0.2) is 0 Å². The van der Waals surface area contributed by atoms with Gasteiger partial charge in [-0.25, -0.2) is 4.79 Å². The Bertz CT molecular complexity index is 680. The van der Waals surface area contributed by atoms with Crippen molar-refractivity contribution in [3.8, 4) is 0 Å². The molecule has 3 aliphatic rings. The summed E-state index contributed by atoms with van der Waals surface area (Å²) in [5.41, 5.74) is 1.81. The molecule has 2 aliphatic heterocycles. The SMILES string of the molecule is CC(NC(=O)CC1CC2CCC(C1)N2)c1ccc(NC(=O)NC2CC2)cc1.Cl. The maximum Gasteiger partial charge on any atom is 0.319 e. The normalized spacial score (nSPS) is 26.7. The van der Waals surface area contributed by atoms with E-state index in [4.69, 9.17) is 0 Å². The third-order valence-electron chi connectivity index (χ3n) is 6.00. The van der Waals surface area contributed by atoms with Crippen LogP contribution in [0, 0.1) is 5.92 Å². The Morgan fingerprint density at radius 1 is 1.07 bits per heavy atom. The Labute approximate surface area is 173 Å². The van der Waals surface area contributed by atoms with Gasteiger partial charge in [0.2, 0.25) is 5.91 Å². The zero-order valence-electron chi connectivity index (χ0n) is 16.4. The second kappa shape index (κ2) is 9.14. The highest BCUT2D eigenvalue weighted by Crippen LogP contribution is 2.32. The van der Waals surface area contributed by atoms with Crippen LogP contribution in [0.25, 0.3) is 0 Å². The summed E-state index contributed by atoms with van der Waals surface area (Å²) >= 11 is 0. The summed E-state index contributed by atoms with van der Waals surface area (Å²) in [6.07, 6.45) is 7.55. The van der Waals surface area contributed by atoms with Crippen LogP contribution in [0.4, 0.5) is 10.5 Å². The number of rotatable bonds is 6. The molecule has 3 atom stereocenters. The molecular weight excluding hydrogens is 376 g/mol. The molecule has 1 aromatic carbocycles. The number of piperidine rings is 1. The van der Waals surface area contributed by atoms with Crippen LogP contribution in [0.15, 0.2) is 24.3 Å². The van der Waals surface area contributed by atoms with E-state index in [0.29, 0.717) is 30.5 Å². The van der Waals surface area contributed by atoms with Crippen LogP contribution in [-0.2, 0) is 4.79 Å². The quantitative estimate of drug-likeness (QED) is 0.583. The van der Waals surface area contributed by atoms with Gasteiger partial charge in [0.05, 0.1) is 6.04 Å². The zero-order valence-corrected chi connectivity index (χ0v) is 17.2. The second-order valence-electron chi connectivity index (χ2n) is 8.46. The van der Waals surface area contributed by atoms with Gasteiger partial charge in [-0.3, -0.25) is 4.79 Å². The van der Waals surface area contributed by atoms with Crippen molar-refractivity contribution in [2.45, 2.75) is 76.0 Å². The fourth-order valence-corrected chi connectivity index (χ4v) is 4.42. The lowest BCUT2D eigenvalue weighted by Crippen LogP contribution is -2.40. The van der Waals surface area contributed by atoms with E-state index in [2.05, 4.69) is 21.3 Å². The maximum atomic E-state index is 12.5. The minimum Gasteiger partial charge on any atom is -0.350 e. The van der Waals surface area contributed by atoms with Crippen LogP contribution in [0.5, 0.6) is 0 Å². The first-order valence-electron chi connectivity index (χ1n) is 10.3. The van der Waals surface area contributed by atoms with E-state index in [0.717, 1.165) is 36.9 Å². The smallest absolute Gasteiger partial charge is 0.319 e. The van der Waals surface area contributed by atoms with Crippen molar-refractivity contribution in [2.24, 2.45) is 5.92 Å². The number of fused-ring (bicyclic) bond motifs is 2. The molecule has 2 bridgehead atoms. The van der Waals surface area contributed by atoms with Crippen molar-refractivity contribution in [1.29, 1.82) is 0 Å². The van der Waals surface area contributed by atoms with Gasteiger partial charge in [0.25, 0.3) is 0 Å². The van der Waals surface area contributed by atoms with Gasteiger partial charge in [-0.1, -0.05) is 12.1 Å². The minimum atomic E-state index is -0.150. The standard InChI is InChI=1S/C21H30N4O2.ClH/c1-13(22-20(26)12-14-10-18-8-9-19(11-14)23-18)15-2-4-16(5-3-15)24-21(27)25-17-6-7-17;/h2-5,13-14,17-19,23H,6-12H2,1H3,(H,22,26)(H2,24,25,27);1H. The number of carbonyl (C=O) groups excluding carboxylic acids is 2. The molecule has 28 heavy (non-hydrogen) atoms. The van der Waals surface area contributed by atoms with Gasteiger partial charge in [0, 0.05) is 30.2 Å². The molecule has 4 N–H and O–H groups in total. The largest absolute Gasteiger partial charge is 0.350 e. The lowest BCUT2D eigenvalue weighted by molar-refractivity contribution is -0.122. The highest BCUT2D eigenvalue weighted by atomic mass is 35.5. The lowest BCUT2D eigenvalue weighted by atomic mass is 9.89. The van der Waals surface area contributed by atoms with Crippen molar-refractivity contribution >= 4 is 30.0 Å². The van der Waals surface area contributed by atoms with E-state index in [9.17, 15) is 9.59 Å². The van der Waals surface area contributed by atoms with Gasteiger partial charge < -0.3 is 21.3 Å². The molecule has 0 aromatic heterocycles. The Morgan fingerprint density at radius 2 is 1.71 bits per heavy atom. The second-order valence-corrected chi connectivity index (χ2v) is 8.46. The Kier molecular flexibility index (Phi) is 6.83. The Hall–Kier alpha value is -1.79. The van der Waals surface area contributed by atoms with Crippen LogP contribution in [0.2, 0.25) is 0 Å². The maximum absolute atomic E-state index is 12.5. The topological polar surface area (TPSA) is 82.3 Å². The van der Waals surface area contributed by atoms with Gasteiger partial charge in [-0.05, 0) is 69.1 Å². The number of urea groups is 1. The van der Waals surface area contributed by atoms with Gasteiger partial charge in [-0.15, -0.1) is 12.4 Å². The van der Waals surface area contributed by atoms with Crippen molar-refractivity contribution in [1.82, 2.24) is 16.0 Å². The van der Waals surface area contributed by atoms with Crippen molar-refractivity contribution < 1.29 is 9.59 Å². The highest BCUT2D eigenvalue weighted by molar-refractivity contribution is 5.89. The molecule has 154 valence electrons. The molecule has 1 aliphatic carbocycles. The van der Waals surface area contributed by atoms with Gasteiger partial charge in [-0.2, -0.15) is 0 Å². The first kappa shape index (κ1) is 20.9. The summed E-state index contributed by atoms with van der Waals surface area (Å²) in [6, 6.07) is 9.09. The van der Waals surface area contributed by atoms with Crippen LogP contribution in [-0.4, -0.2) is 30.1 Å². The Morgan fingerprint density at radius 3 is 2.32 bits per heavy atom. The predicted molar refractivity (Wildman–Crippen MR) is 113 cm³/mol. The molecule has 2 saturated heterocycles. The molecule has 2 heterocycles. The first-order chi connectivity index (χ1) is 13.0. The molecular formula is C21H31ClN4O2. The number of hydrogen-bond acceptors (Lipinski definition) is 3. The third kappa shape index (κ3) is 5.61. The van der Waals surface area contributed by atoms with Crippen molar-refractivity contribution in [3.05, 3.63) is 29.8 Å². The monoisotopic (exact) mass is 406 g/mol.